The maximum atomic E-state index is 13.0. The first-order chi connectivity index (χ1) is 12.9. The number of allylic oxidation sites excluding steroid dienone is 2. The van der Waals surface area contributed by atoms with Gasteiger partial charge < -0.3 is 0 Å². The molecule has 0 atom stereocenters. The average molecular weight is 390 g/mol. The summed E-state index contributed by atoms with van der Waals surface area (Å²) in [6.45, 7) is 9.35. The zero-order chi connectivity index (χ0) is 19.9. The highest BCUT2D eigenvalue weighted by atomic mass is 32.2. The molecule has 150 valence electrons. The molecular formula is C23H35NO2S. The first kappa shape index (κ1) is 21.9. The van der Waals surface area contributed by atoms with E-state index in [1.54, 1.807) is 16.4 Å². The summed E-state index contributed by atoms with van der Waals surface area (Å²) in [5, 5.41) is 0. The van der Waals surface area contributed by atoms with Crippen molar-refractivity contribution in [2.75, 3.05) is 13.1 Å². The van der Waals surface area contributed by atoms with E-state index in [1.165, 1.54) is 55.2 Å². The molecule has 1 aliphatic heterocycles. The smallest absolute Gasteiger partial charge is 0.207 e. The number of hydrogen-bond acceptors (Lipinski definition) is 2. The van der Waals surface area contributed by atoms with Gasteiger partial charge in [-0.1, -0.05) is 68.4 Å². The Balaban J connectivity index is 2.04. The summed E-state index contributed by atoms with van der Waals surface area (Å²) in [6, 6.07) is 7.15. The zero-order valence-corrected chi connectivity index (χ0v) is 18.2. The summed E-state index contributed by atoms with van der Waals surface area (Å²) in [4.78, 5) is 0.387. The fourth-order valence-electron chi connectivity index (χ4n) is 3.52. The van der Waals surface area contributed by atoms with E-state index in [0.29, 0.717) is 18.0 Å². The van der Waals surface area contributed by atoms with Gasteiger partial charge in [-0.2, -0.15) is 4.31 Å². The van der Waals surface area contributed by atoms with Gasteiger partial charge in [0.15, 0.2) is 0 Å². The Hall–Kier alpha value is -1.39. The number of nitrogens with zero attached hydrogens (tertiary/aromatic N) is 1. The minimum atomic E-state index is -3.44. The molecule has 0 radical (unpaired) electrons. The third-order valence-electron chi connectivity index (χ3n) is 5.28. The molecule has 0 aromatic heterocycles. The Labute approximate surface area is 166 Å². The van der Waals surface area contributed by atoms with Crippen molar-refractivity contribution >= 4 is 10.0 Å². The first-order valence-electron chi connectivity index (χ1n) is 10.3. The van der Waals surface area contributed by atoms with Crippen molar-refractivity contribution in [3.63, 3.8) is 0 Å². The Kier molecular flexibility index (Phi) is 8.30. The van der Waals surface area contributed by atoms with Crippen LogP contribution in [0.4, 0.5) is 0 Å². The van der Waals surface area contributed by atoms with Gasteiger partial charge >= 0.3 is 0 Å². The third-order valence-corrected chi connectivity index (χ3v) is 7.09. The number of sulfonamides is 1. The van der Waals surface area contributed by atoms with E-state index in [1.807, 2.05) is 19.1 Å². The molecule has 0 amide bonds. The topological polar surface area (TPSA) is 37.4 Å². The number of unbranched alkanes of at least 4 members (excludes halogenated alkanes) is 6. The maximum absolute atomic E-state index is 13.0. The summed E-state index contributed by atoms with van der Waals surface area (Å²) < 4.78 is 27.6. The van der Waals surface area contributed by atoms with Gasteiger partial charge in [-0.05, 0) is 56.9 Å². The van der Waals surface area contributed by atoms with Crippen molar-refractivity contribution < 1.29 is 8.42 Å². The van der Waals surface area contributed by atoms with Crippen molar-refractivity contribution in [3.05, 3.63) is 52.6 Å². The van der Waals surface area contributed by atoms with E-state index in [0.717, 1.165) is 12.0 Å². The fraction of sp³-hybridized carbons (Fsp3) is 0.565. The predicted octanol–water partition coefficient (Wildman–Crippen LogP) is 6.01. The molecule has 1 aromatic rings. The first-order valence-corrected chi connectivity index (χ1v) is 11.7. The second-order valence-corrected chi connectivity index (χ2v) is 9.79. The summed E-state index contributed by atoms with van der Waals surface area (Å²) >= 11 is 0. The minimum absolute atomic E-state index is 0.387. The molecule has 1 aliphatic rings. The van der Waals surface area contributed by atoms with Crippen LogP contribution in [0.2, 0.25) is 0 Å². The fourth-order valence-corrected chi connectivity index (χ4v) is 4.90. The van der Waals surface area contributed by atoms with Gasteiger partial charge in [-0.15, -0.1) is 0 Å². The molecule has 2 rings (SSSR count). The normalized spacial score (nSPS) is 17.0. The number of hydrogen-bond donors (Lipinski definition) is 0. The van der Waals surface area contributed by atoms with Gasteiger partial charge in [-0.3, -0.25) is 0 Å². The lowest BCUT2D eigenvalue weighted by atomic mass is 10.0. The van der Waals surface area contributed by atoms with E-state index < -0.39 is 10.0 Å². The van der Waals surface area contributed by atoms with Crippen molar-refractivity contribution in [2.24, 2.45) is 0 Å². The molecular weight excluding hydrogens is 354 g/mol. The molecule has 1 heterocycles. The lowest BCUT2D eigenvalue weighted by molar-refractivity contribution is 0.488. The molecule has 4 heteroatoms. The lowest BCUT2D eigenvalue weighted by Crippen LogP contribution is -2.28. The van der Waals surface area contributed by atoms with Crippen molar-refractivity contribution in [1.82, 2.24) is 4.31 Å². The second-order valence-electron chi connectivity index (χ2n) is 7.85. The van der Waals surface area contributed by atoms with Crippen LogP contribution in [0.1, 0.15) is 71.3 Å². The van der Waals surface area contributed by atoms with Crippen LogP contribution >= 0.6 is 0 Å². The quantitative estimate of drug-likeness (QED) is 0.485. The van der Waals surface area contributed by atoms with Gasteiger partial charge in [0.25, 0.3) is 0 Å². The lowest BCUT2D eigenvalue weighted by Gasteiger charge is -2.15. The summed E-state index contributed by atoms with van der Waals surface area (Å²) in [7, 11) is -3.44. The van der Waals surface area contributed by atoms with E-state index >= 15 is 0 Å². The Morgan fingerprint density at radius 3 is 2.26 bits per heavy atom. The van der Waals surface area contributed by atoms with Crippen molar-refractivity contribution in [1.29, 1.82) is 0 Å². The van der Waals surface area contributed by atoms with Crippen LogP contribution in [0.5, 0.6) is 0 Å². The van der Waals surface area contributed by atoms with Crippen LogP contribution in [0.25, 0.3) is 0 Å². The molecule has 0 saturated carbocycles. The molecule has 27 heavy (non-hydrogen) atoms. The summed E-state index contributed by atoms with van der Waals surface area (Å²) in [5.74, 6) is 0. The predicted molar refractivity (Wildman–Crippen MR) is 114 cm³/mol. The number of benzene rings is 1. The molecule has 1 fully saturated rings. The molecule has 1 aromatic carbocycles. The van der Waals surface area contributed by atoms with Gasteiger partial charge in [-0.25, -0.2) is 8.42 Å². The van der Waals surface area contributed by atoms with Gasteiger partial charge in [0.05, 0.1) is 4.90 Å². The average Bonchev–Trinajstić information content (AvgIpc) is 3.07. The molecule has 0 aliphatic carbocycles. The van der Waals surface area contributed by atoms with Crippen LogP contribution in [-0.4, -0.2) is 25.8 Å². The standard InChI is InChI=1S/C23H35NO2S/c1-5-6-7-8-9-10-11-12-21-17-24(18-23(21)19(2)3)27(25,26)22-15-13-20(4)14-16-22/h12-16H,5-11,17-18H2,1-4H3/b21-12-. The SMILES string of the molecule is CCCCCCCC/C=C1/CN(S(=O)(=O)c2ccc(C)cc2)CC1=C(C)C. The second kappa shape index (κ2) is 10.2. The third kappa shape index (κ3) is 6.05. The van der Waals surface area contributed by atoms with Crippen LogP contribution < -0.4 is 0 Å². The van der Waals surface area contributed by atoms with E-state index in [4.69, 9.17) is 0 Å². The van der Waals surface area contributed by atoms with E-state index in [-0.39, 0.29) is 0 Å². The molecule has 0 N–H and O–H groups in total. The van der Waals surface area contributed by atoms with Crippen LogP contribution in [-0.2, 0) is 10.0 Å². The highest BCUT2D eigenvalue weighted by Crippen LogP contribution is 2.30. The molecule has 0 unspecified atom stereocenters. The van der Waals surface area contributed by atoms with Gasteiger partial charge in [0.2, 0.25) is 10.0 Å². The Morgan fingerprint density at radius 2 is 1.63 bits per heavy atom. The summed E-state index contributed by atoms with van der Waals surface area (Å²) in [6.07, 6.45) is 11.0. The maximum Gasteiger partial charge on any atom is 0.243 e. The van der Waals surface area contributed by atoms with Gasteiger partial charge in [0, 0.05) is 13.1 Å². The Bertz CT molecular complexity index is 769. The molecule has 0 spiro atoms. The molecule has 1 saturated heterocycles. The minimum Gasteiger partial charge on any atom is -0.207 e. The highest BCUT2D eigenvalue weighted by Gasteiger charge is 2.32. The van der Waals surface area contributed by atoms with Crippen LogP contribution in [0.15, 0.2) is 52.0 Å². The van der Waals surface area contributed by atoms with Crippen molar-refractivity contribution in [2.45, 2.75) is 77.5 Å². The molecule has 3 nitrogen and oxygen atoms in total. The van der Waals surface area contributed by atoms with E-state index in [9.17, 15) is 8.42 Å². The number of rotatable bonds is 9. The highest BCUT2D eigenvalue weighted by molar-refractivity contribution is 7.89. The number of aryl methyl sites for hydroxylation is 1. The van der Waals surface area contributed by atoms with Crippen LogP contribution in [0, 0.1) is 6.92 Å². The largest absolute Gasteiger partial charge is 0.243 e. The van der Waals surface area contributed by atoms with E-state index in [2.05, 4.69) is 26.8 Å². The Morgan fingerprint density at radius 1 is 1.00 bits per heavy atom. The summed E-state index contributed by atoms with van der Waals surface area (Å²) in [5.41, 5.74) is 4.67. The zero-order valence-electron chi connectivity index (χ0n) is 17.4. The van der Waals surface area contributed by atoms with Gasteiger partial charge in [0.1, 0.15) is 0 Å². The van der Waals surface area contributed by atoms with Crippen molar-refractivity contribution in [3.8, 4) is 0 Å². The van der Waals surface area contributed by atoms with Crippen LogP contribution in [0.3, 0.4) is 0 Å². The monoisotopic (exact) mass is 389 g/mol. The molecule has 0 bridgehead atoms.